The number of benzene rings is 1. The topological polar surface area (TPSA) is 55.6 Å². The van der Waals surface area contributed by atoms with Gasteiger partial charge < -0.3 is 5.32 Å². The number of fused-ring (bicyclic) bond motifs is 1. The molecule has 0 aliphatic rings. The Morgan fingerprint density at radius 1 is 1.14 bits per heavy atom. The zero-order chi connectivity index (χ0) is 15.7. The van der Waals surface area contributed by atoms with Gasteiger partial charge in [0.05, 0.1) is 11.7 Å². The van der Waals surface area contributed by atoms with Crippen LogP contribution < -0.4 is 5.32 Å². The number of nitrogens with zero attached hydrogens (tertiary/aromatic N) is 4. The summed E-state index contributed by atoms with van der Waals surface area (Å²) in [5.74, 6) is 1.61. The number of hydrogen-bond acceptors (Lipinski definition) is 4. The number of nitrogens with one attached hydrogen (secondary N) is 1. The van der Waals surface area contributed by atoms with Crippen LogP contribution in [0.3, 0.4) is 0 Å². The first-order chi connectivity index (χ1) is 10.6. The summed E-state index contributed by atoms with van der Waals surface area (Å²) in [5, 5.41) is 8.08. The molecule has 114 valence electrons. The van der Waals surface area contributed by atoms with Crippen LogP contribution in [0.25, 0.3) is 11.0 Å². The lowest BCUT2D eigenvalue weighted by Crippen LogP contribution is -2.11. The van der Waals surface area contributed by atoms with Gasteiger partial charge in [-0.05, 0) is 33.3 Å². The quantitative estimate of drug-likeness (QED) is 0.798. The van der Waals surface area contributed by atoms with Gasteiger partial charge in [0, 0.05) is 6.54 Å². The van der Waals surface area contributed by atoms with Gasteiger partial charge in [0.1, 0.15) is 16.9 Å². The Morgan fingerprint density at radius 2 is 1.86 bits per heavy atom. The van der Waals surface area contributed by atoms with E-state index in [1.807, 2.05) is 24.6 Å². The maximum absolute atomic E-state index is 4.61. The average molecular weight is 295 g/mol. The molecule has 5 nitrogen and oxygen atoms in total. The highest BCUT2D eigenvalue weighted by Gasteiger charge is 2.16. The molecule has 1 aromatic carbocycles. The minimum Gasteiger partial charge on any atom is -0.362 e. The van der Waals surface area contributed by atoms with Crippen LogP contribution in [0, 0.1) is 13.8 Å². The van der Waals surface area contributed by atoms with Crippen molar-refractivity contribution in [3.05, 3.63) is 47.4 Å². The molecule has 2 heterocycles. The van der Waals surface area contributed by atoms with Gasteiger partial charge in [-0.3, -0.25) is 4.68 Å². The predicted octanol–water partition coefficient (Wildman–Crippen LogP) is 3.64. The van der Waals surface area contributed by atoms with Gasteiger partial charge in [0.25, 0.3) is 0 Å². The zero-order valence-corrected chi connectivity index (χ0v) is 13.5. The standard InChI is InChI=1S/C17H21N5/c1-5-22-16-15(12(3)21-22)19-13(4)20-17(16)18-11(2)14-9-7-6-8-10-14/h6-11H,5H2,1-4H3,(H,18,19,20)/t11-/m0/s1. The molecule has 0 unspecified atom stereocenters. The molecule has 0 spiro atoms. The Kier molecular flexibility index (Phi) is 3.79. The summed E-state index contributed by atoms with van der Waals surface area (Å²) in [5.41, 5.74) is 4.08. The first-order valence-electron chi connectivity index (χ1n) is 7.63. The highest BCUT2D eigenvalue weighted by molar-refractivity contribution is 5.87. The predicted molar refractivity (Wildman–Crippen MR) is 89.0 cm³/mol. The lowest BCUT2D eigenvalue weighted by atomic mass is 10.1. The van der Waals surface area contributed by atoms with E-state index < -0.39 is 0 Å². The van der Waals surface area contributed by atoms with Crippen LogP contribution in [0.2, 0.25) is 0 Å². The molecular formula is C17H21N5. The van der Waals surface area contributed by atoms with Gasteiger partial charge in [0.15, 0.2) is 5.82 Å². The third kappa shape index (κ3) is 2.54. The van der Waals surface area contributed by atoms with E-state index in [0.717, 1.165) is 34.9 Å². The minimum absolute atomic E-state index is 0.166. The van der Waals surface area contributed by atoms with E-state index in [1.54, 1.807) is 0 Å². The van der Waals surface area contributed by atoms with E-state index in [2.05, 4.69) is 58.5 Å². The Balaban J connectivity index is 2.06. The molecule has 0 radical (unpaired) electrons. The van der Waals surface area contributed by atoms with E-state index >= 15 is 0 Å². The van der Waals surface area contributed by atoms with Crippen molar-refractivity contribution >= 4 is 16.9 Å². The molecule has 2 aromatic heterocycles. The number of aromatic nitrogens is 4. The second kappa shape index (κ2) is 5.75. The largest absolute Gasteiger partial charge is 0.362 e. The van der Waals surface area contributed by atoms with Gasteiger partial charge in [-0.2, -0.15) is 5.10 Å². The Morgan fingerprint density at radius 3 is 2.55 bits per heavy atom. The molecule has 1 atom stereocenters. The molecule has 0 saturated carbocycles. The van der Waals surface area contributed by atoms with Crippen LogP contribution in [0.15, 0.2) is 30.3 Å². The van der Waals surface area contributed by atoms with Gasteiger partial charge in [-0.1, -0.05) is 30.3 Å². The van der Waals surface area contributed by atoms with Crippen LogP contribution in [-0.2, 0) is 6.54 Å². The highest BCUT2D eigenvalue weighted by atomic mass is 15.3. The van der Waals surface area contributed by atoms with Crippen molar-refractivity contribution in [2.24, 2.45) is 0 Å². The molecule has 0 amide bonds. The van der Waals surface area contributed by atoms with Crippen LogP contribution >= 0.6 is 0 Å². The van der Waals surface area contributed by atoms with Crippen LogP contribution in [0.4, 0.5) is 5.82 Å². The van der Waals surface area contributed by atoms with E-state index in [4.69, 9.17) is 0 Å². The second-order valence-electron chi connectivity index (χ2n) is 5.49. The van der Waals surface area contributed by atoms with Crippen molar-refractivity contribution in [1.82, 2.24) is 19.7 Å². The molecule has 0 bridgehead atoms. The van der Waals surface area contributed by atoms with Gasteiger partial charge >= 0.3 is 0 Å². The van der Waals surface area contributed by atoms with Crippen molar-refractivity contribution < 1.29 is 0 Å². The van der Waals surface area contributed by atoms with Crippen molar-refractivity contribution in [3.63, 3.8) is 0 Å². The fourth-order valence-electron chi connectivity index (χ4n) is 2.70. The molecule has 5 heteroatoms. The summed E-state index contributed by atoms with van der Waals surface area (Å²) in [6.07, 6.45) is 0. The van der Waals surface area contributed by atoms with E-state index in [0.29, 0.717) is 0 Å². The molecular weight excluding hydrogens is 274 g/mol. The second-order valence-corrected chi connectivity index (χ2v) is 5.49. The SMILES string of the molecule is CCn1nc(C)c2nc(C)nc(N[C@@H](C)c3ccccc3)c21. The van der Waals surface area contributed by atoms with Crippen molar-refractivity contribution in [2.75, 3.05) is 5.32 Å². The lowest BCUT2D eigenvalue weighted by Gasteiger charge is -2.16. The number of rotatable bonds is 4. The summed E-state index contributed by atoms with van der Waals surface area (Å²) >= 11 is 0. The summed E-state index contributed by atoms with van der Waals surface area (Å²) in [7, 11) is 0. The summed E-state index contributed by atoms with van der Waals surface area (Å²) < 4.78 is 1.96. The molecule has 22 heavy (non-hydrogen) atoms. The normalized spacial score (nSPS) is 12.5. The fraction of sp³-hybridized carbons (Fsp3) is 0.353. The van der Waals surface area contributed by atoms with E-state index in [1.165, 1.54) is 5.56 Å². The van der Waals surface area contributed by atoms with Crippen molar-refractivity contribution in [2.45, 2.75) is 40.3 Å². The van der Waals surface area contributed by atoms with Gasteiger partial charge in [-0.25, -0.2) is 9.97 Å². The zero-order valence-electron chi connectivity index (χ0n) is 13.5. The summed E-state index contributed by atoms with van der Waals surface area (Å²) in [4.78, 5) is 9.16. The van der Waals surface area contributed by atoms with Crippen molar-refractivity contribution in [1.29, 1.82) is 0 Å². The van der Waals surface area contributed by atoms with Crippen molar-refractivity contribution in [3.8, 4) is 0 Å². The third-order valence-corrected chi connectivity index (χ3v) is 3.82. The maximum atomic E-state index is 4.61. The molecule has 0 fully saturated rings. The number of anilines is 1. The monoisotopic (exact) mass is 295 g/mol. The van der Waals surface area contributed by atoms with E-state index in [-0.39, 0.29) is 6.04 Å². The smallest absolute Gasteiger partial charge is 0.156 e. The third-order valence-electron chi connectivity index (χ3n) is 3.82. The average Bonchev–Trinajstić information content (AvgIpc) is 2.84. The Labute approximate surface area is 130 Å². The highest BCUT2D eigenvalue weighted by Crippen LogP contribution is 2.26. The number of aryl methyl sites for hydroxylation is 3. The van der Waals surface area contributed by atoms with Crippen LogP contribution in [-0.4, -0.2) is 19.7 Å². The summed E-state index contributed by atoms with van der Waals surface area (Å²) in [6, 6.07) is 10.5. The molecule has 0 aliphatic carbocycles. The van der Waals surface area contributed by atoms with E-state index in [9.17, 15) is 0 Å². The summed E-state index contributed by atoms with van der Waals surface area (Å²) in [6.45, 7) is 8.92. The Bertz CT molecular complexity index is 792. The molecule has 1 N–H and O–H groups in total. The molecule has 0 saturated heterocycles. The molecule has 3 aromatic rings. The molecule has 3 rings (SSSR count). The van der Waals surface area contributed by atoms with Crippen LogP contribution in [0.1, 0.15) is 37.0 Å². The van der Waals surface area contributed by atoms with Crippen LogP contribution in [0.5, 0.6) is 0 Å². The minimum atomic E-state index is 0.166. The maximum Gasteiger partial charge on any atom is 0.156 e. The lowest BCUT2D eigenvalue weighted by molar-refractivity contribution is 0.675. The fourth-order valence-corrected chi connectivity index (χ4v) is 2.70. The van der Waals surface area contributed by atoms with Gasteiger partial charge in [0.2, 0.25) is 0 Å². The molecule has 0 aliphatic heterocycles. The number of hydrogen-bond donors (Lipinski definition) is 1. The Hall–Kier alpha value is -2.43. The van der Waals surface area contributed by atoms with Gasteiger partial charge in [-0.15, -0.1) is 0 Å². The first-order valence-corrected chi connectivity index (χ1v) is 7.63. The first kappa shape index (κ1) is 14.5.